The van der Waals surface area contributed by atoms with Gasteiger partial charge in [0.15, 0.2) is 0 Å². The molecule has 0 aliphatic carbocycles. The molecule has 0 heterocycles. The second-order valence-electron chi connectivity index (χ2n) is 4.36. The molecule has 2 aromatic rings. The van der Waals surface area contributed by atoms with Gasteiger partial charge in [-0.2, -0.15) is 0 Å². The van der Waals surface area contributed by atoms with Crippen LogP contribution >= 0.6 is 15.9 Å². The predicted molar refractivity (Wildman–Crippen MR) is 82.8 cm³/mol. The molecule has 2 N–H and O–H groups in total. The van der Waals surface area contributed by atoms with Crippen LogP contribution in [0.1, 0.15) is 15.9 Å². The van der Waals surface area contributed by atoms with Gasteiger partial charge in [-0.05, 0) is 64.8 Å². The van der Waals surface area contributed by atoms with Gasteiger partial charge in [-0.15, -0.1) is 0 Å². The molecule has 2 aromatic carbocycles. The van der Waals surface area contributed by atoms with Crippen LogP contribution < -0.4 is 10.6 Å². The minimum Gasteiger partial charge on any atom is -0.388 e. The summed E-state index contributed by atoms with van der Waals surface area (Å²) in [6.07, 6.45) is 0. The maximum atomic E-state index is 13.1. The number of aryl methyl sites for hydroxylation is 1. The monoisotopic (exact) mass is 336 g/mol. The second-order valence-corrected chi connectivity index (χ2v) is 5.22. The van der Waals surface area contributed by atoms with Crippen LogP contribution in [0.15, 0.2) is 40.9 Å². The van der Waals surface area contributed by atoms with Crippen molar-refractivity contribution in [2.75, 3.05) is 17.7 Å². The number of hydrogen-bond donors (Lipinski definition) is 2. The first kappa shape index (κ1) is 14.5. The van der Waals surface area contributed by atoms with Crippen LogP contribution in [0.4, 0.5) is 15.8 Å². The zero-order valence-corrected chi connectivity index (χ0v) is 12.7. The van der Waals surface area contributed by atoms with E-state index in [0.717, 1.165) is 11.3 Å². The SMILES string of the molecule is CNc1ccc(C(=O)Nc2ccc(F)c(Br)c2)cc1C. The topological polar surface area (TPSA) is 41.1 Å². The van der Waals surface area contributed by atoms with Gasteiger partial charge in [0.25, 0.3) is 5.91 Å². The lowest BCUT2D eigenvalue weighted by Gasteiger charge is -2.09. The zero-order valence-electron chi connectivity index (χ0n) is 11.1. The maximum absolute atomic E-state index is 13.1. The highest BCUT2D eigenvalue weighted by atomic mass is 79.9. The number of rotatable bonds is 3. The third-order valence-electron chi connectivity index (χ3n) is 2.94. The standard InChI is InChI=1S/C15H14BrFN2O/c1-9-7-10(3-6-14(9)18-2)15(20)19-11-4-5-13(17)12(16)8-11/h3-8,18H,1-2H3,(H,19,20). The third-order valence-corrected chi connectivity index (χ3v) is 3.54. The minimum absolute atomic E-state index is 0.228. The first-order valence-electron chi connectivity index (χ1n) is 6.06. The summed E-state index contributed by atoms with van der Waals surface area (Å²) < 4.78 is 13.4. The van der Waals surface area contributed by atoms with Gasteiger partial charge in [-0.1, -0.05) is 0 Å². The predicted octanol–water partition coefficient (Wildman–Crippen LogP) is 4.19. The van der Waals surface area contributed by atoms with E-state index in [-0.39, 0.29) is 11.7 Å². The van der Waals surface area contributed by atoms with Crippen molar-refractivity contribution in [1.82, 2.24) is 0 Å². The zero-order chi connectivity index (χ0) is 14.7. The van der Waals surface area contributed by atoms with Crippen LogP contribution in [0, 0.1) is 12.7 Å². The van der Waals surface area contributed by atoms with Crippen molar-refractivity contribution in [2.45, 2.75) is 6.92 Å². The lowest BCUT2D eigenvalue weighted by atomic mass is 10.1. The van der Waals surface area contributed by atoms with Crippen LogP contribution in [-0.2, 0) is 0 Å². The maximum Gasteiger partial charge on any atom is 0.255 e. The van der Waals surface area contributed by atoms with Crippen LogP contribution in [0.5, 0.6) is 0 Å². The Morgan fingerprint density at radius 2 is 1.95 bits per heavy atom. The van der Waals surface area contributed by atoms with Crippen molar-refractivity contribution in [1.29, 1.82) is 0 Å². The molecule has 0 aromatic heterocycles. The molecule has 0 saturated heterocycles. The Kier molecular flexibility index (Phi) is 4.39. The quantitative estimate of drug-likeness (QED) is 0.882. The molecule has 0 atom stereocenters. The van der Waals surface area contributed by atoms with Crippen molar-refractivity contribution < 1.29 is 9.18 Å². The molecule has 0 bridgehead atoms. The van der Waals surface area contributed by atoms with Crippen LogP contribution in [0.2, 0.25) is 0 Å². The highest BCUT2D eigenvalue weighted by molar-refractivity contribution is 9.10. The summed E-state index contributed by atoms with van der Waals surface area (Å²) in [5.41, 5.74) is 3.06. The molecule has 20 heavy (non-hydrogen) atoms. The Balaban J connectivity index is 2.19. The number of benzene rings is 2. The number of carbonyl (C=O) groups excluding carboxylic acids is 1. The van der Waals surface area contributed by atoms with Crippen molar-refractivity contribution >= 4 is 33.2 Å². The van der Waals surface area contributed by atoms with Gasteiger partial charge in [0.05, 0.1) is 4.47 Å². The van der Waals surface area contributed by atoms with Gasteiger partial charge in [-0.25, -0.2) is 4.39 Å². The summed E-state index contributed by atoms with van der Waals surface area (Å²) in [6, 6.07) is 9.75. The first-order valence-corrected chi connectivity index (χ1v) is 6.85. The summed E-state index contributed by atoms with van der Waals surface area (Å²) in [4.78, 5) is 12.1. The summed E-state index contributed by atoms with van der Waals surface area (Å²) in [5.74, 6) is -0.591. The molecule has 3 nitrogen and oxygen atoms in total. The Hall–Kier alpha value is -1.88. The molecular formula is C15H14BrFN2O. The number of halogens is 2. The smallest absolute Gasteiger partial charge is 0.255 e. The fourth-order valence-electron chi connectivity index (χ4n) is 1.86. The molecule has 0 aliphatic heterocycles. The van der Waals surface area contributed by atoms with E-state index in [0.29, 0.717) is 15.7 Å². The van der Waals surface area contributed by atoms with E-state index in [1.165, 1.54) is 18.2 Å². The van der Waals surface area contributed by atoms with Crippen LogP contribution in [-0.4, -0.2) is 13.0 Å². The van der Waals surface area contributed by atoms with E-state index in [4.69, 9.17) is 0 Å². The van der Waals surface area contributed by atoms with Gasteiger partial charge in [0.1, 0.15) is 5.82 Å². The molecule has 2 rings (SSSR count). The summed E-state index contributed by atoms with van der Waals surface area (Å²) >= 11 is 3.09. The van der Waals surface area contributed by atoms with Gasteiger partial charge >= 0.3 is 0 Å². The molecule has 0 unspecified atom stereocenters. The van der Waals surface area contributed by atoms with Crippen LogP contribution in [0.25, 0.3) is 0 Å². The summed E-state index contributed by atoms with van der Waals surface area (Å²) in [6.45, 7) is 1.93. The van der Waals surface area contributed by atoms with Gasteiger partial charge in [-0.3, -0.25) is 4.79 Å². The lowest BCUT2D eigenvalue weighted by molar-refractivity contribution is 0.102. The second kappa shape index (κ2) is 6.05. The molecule has 0 aliphatic rings. The molecule has 104 valence electrons. The Morgan fingerprint density at radius 1 is 1.20 bits per heavy atom. The molecule has 0 spiro atoms. The van der Waals surface area contributed by atoms with Gasteiger partial charge in [0, 0.05) is 24.0 Å². The largest absolute Gasteiger partial charge is 0.388 e. The van der Waals surface area contributed by atoms with Crippen molar-refractivity contribution in [3.63, 3.8) is 0 Å². The Labute approximate surface area is 125 Å². The summed E-state index contributed by atoms with van der Waals surface area (Å²) in [7, 11) is 1.83. The molecule has 5 heteroatoms. The number of carbonyl (C=O) groups is 1. The average Bonchev–Trinajstić information content (AvgIpc) is 2.42. The van der Waals surface area contributed by atoms with E-state index in [2.05, 4.69) is 26.6 Å². The highest BCUT2D eigenvalue weighted by Crippen LogP contribution is 2.21. The van der Waals surface area contributed by atoms with Gasteiger partial charge < -0.3 is 10.6 Å². The fourth-order valence-corrected chi connectivity index (χ4v) is 2.24. The van der Waals surface area contributed by atoms with Gasteiger partial charge in [0.2, 0.25) is 0 Å². The number of anilines is 2. The minimum atomic E-state index is -0.364. The number of amides is 1. The molecule has 0 saturated carbocycles. The normalized spacial score (nSPS) is 10.2. The number of hydrogen-bond acceptors (Lipinski definition) is 2. The lowest BCUT2D eigenvalue weighted by Crippen LogP contribution is -2.12. The van der Waals surface area contributed by atoms with Crippen molar-refractivity contribution in [2.24, 2.45) is 0 Å². The molecule has 1 amide bonds. The third kappa shape index (κ3) is 3.17. The Bertz CT molecular complexity index is 658. The molecule has 0 fully saturated rings. The van der Waals surface area contributed by atoms with Crippen molar-refractivity contribution in [3.05, 3.63) is 57.8 Å². The molecular weight excluding hydrogens is 323 g/mol. The summed E-state index contributed by atoms with van der Waals surface area (Å²) in [5, 5.41) is 5.78. The van der Waals surface area contributed by atoms with E-state index in [1.807, 2.05) is 20.0 Å². The highest BCUT2D eigenvalue weighted by Gasteiger charge is 2.09. The first-order chi connectivity index (χ1) is 9.51. The fraction of sp³-hybridized carbons (Fsp3) is 0.133. The van der Waals surface area contributed by atoms with Crippen molar-refractivity contribution in [3.8, 4) is 0 Å². The van der Waals surface area contributed by atoms with E-state index >= 15 is 0 Å². The van der Waals surface area contributed by atoms with E-state index < -0.39 is 0 Å². The number of nitrogens with one attached hydrogen (secondary N) is 2. The molecule has 0 radical (unpaired) electrons. The van der Waals surface area contributed by atoms with E-state index in [1.54, 1.807) is 12.1 Å². The Morgan fingerprint density at radius 3 is 2.55 bits per heavy atom. The van der Waals surface area contributed by atoms with E-state index in [9.17, 15) is 9.18 Å². The average molecular weight is 337 g/mol. The van der Waals surface area contributed by atoms with Crippen LogP contribution in [0.3, 0.4) is 0 Å².